The van der Waals surface area contributed by atoms with E-state index < -0.39 is 0 Å². The van der Waals surface area contributed by atoms with Gasteiger partial charge in [-0.15, -0.1) is 0 Å². The van der Waals surface area contributed by atoms with Gasteiger partial charge in [-0.25, -0.2) is 0 Å². The molecule has 0 aromatic rings. The van der Waals surface area contributed by atoms with Crippen LogP contribution in [0.2, 0.25) is 0 Å². The SMILES string of the molecule is CC(C)C1NC(=O)CC(C)N(C2CCCCC2)C1=O. The quantitative estimate of drug-likeness (QED) is 0.832. The Labute approximate surface area is 115 Å². The van der Waals surface area contributed by atoms with Gasteiger partial charge in [0.15, 0.2) is 0 Å². The van der Waals surface area contributed by atoms with Crippen molar-refractivity contribution in [3.8, 4) is 0 Å². The Morgan fingerprint density at radius 2 is 1.79 bits per heavy atom. The zero-order chi connectivity index (χ0) is 14.0. The second-order valence-electron chi connectivity index (χ2n) is 6.38. The van der Waals surface area contributed by atoms with Crippen molar-refractivity contribution < 1.29 is 9.59 Å². The van der Waals surface area contributed by atoms with Crippen molar-refractivity contribution in [2.45, 2.75) is 77.4 Å². The van der Waals surface area contributed by atoms with Gasteiger partial charge in [0.05, 0.1) is 0 Å². The summed E-state index contributed by atoms with van der Waals surface area (Å²) in [5.41, 5.74) is 0. The summed E-state index contributed by atoms with van der Waals surface area (Å²) in [6, 6.07) is 0.0175. The van der Waals surface area contributed by atoms with Crippen LogP contribution in [0.3, 0.4) is 0 Å². The van der Waals surface area contributed by atoms with E-state index in [-0.39, 0.29) is 29.8 Å². The summed E-state index contributed by atoms with van der Waals surface area (Å²) in [5, 5.41) is 2.90. The van der Waals surface area contributed by atoms with E-state index in [1.807, 2.05) is 25.7 Å². The van der Waals surface area contributed by atoms with Crippen LogP contribution in [-0.4, -0.2) is 34.8 Å². The summed E-state index contributed by atoms with van der Waals surface area (Å²) in [5.74, 6) is 0.283. The lowest BCUT2D eigenvalue weighted by atomic mass is 9.92. The third-order valence-electron chi connectivity index (χ3n) is 4.43. The molecule has 1 aliphatic carbocycles. The second kappa shape index (κ2) is 5.93. The Kier molecular flexibility index (Phi) is 4.48. The fraction of sp³-hybridized carbons (Fsp3) is 0.867. The number of hydrogen-bond donors (Lipinski definition) is 1. The highest BCUT2D eigenvalue weighted by Crippen LogP contribution is 2.27. The van der Waals surface area contributed by atoms with Crippen molar-refractivity contribution in [2.24, 2.45) is 5.92 Å². The molecule has 2 rings (SSSR count). The molecule has 4 heteroatoms. The van der Waals surface area contributed by atoms with Gasteiger partial charge < -0.3 is 10.2 Å². The first-order valence-electron chi connectivity index (χ1n) is 7.62. The molecule has 0 aromatic carbocycles. The van der Waals surface area contributed by atoms with Crippen LogP contribution in [0.4, 0.5) is 0 Å². The standard InChI is InChI=1S/C15H26N2O2/c1-10(2)14-15(19)17(11(3)9-13(18)16-14)12-7-5-4-6-8-12/h10-12,14H,4-9H2,1-3H3,(H,16,18). The number of rotatable bonds is 2. The molecule has 2 unspecified atom stereocenters. The molecule has 4 nitrogen and oxygen atoms in total. The molecule has 2 aliphatic rings. The van der Waals surface area contributed by atoms with E-state index in [0.717, 1.165) is 12.8 Å². The van der Waals surface area contributed by atoms with Crippen LogP contribution in [0.15, 0.2) is 0 Å². The lowest BCUT2D eigenvalue weighted by Crippen LogP contribution is -2.53. The Balaban J connectivity index is 2.21. The molecular formula is C15H26N2O2. The first-order chi connectivity index (χ1) is 9.00. The minimum Gasteiger partial charge on any atom is -0.344 e. The average molecular weight is 266 g/mol. The molecule has 0 aromatic heterocycles. The summed E-state index contributed by atoms with van der Waals surface area (Å²) in [7, 11) is 0. The highest BCUT2D eigenvalue weighted by molar-refractivity contribution is 5.90. The minimum absolute atomic E-state index is 0.0119. The van der Waals surface area contributed by atoms with E-state index in [1.54, 1.807) is 0 Å². The number of carbonyl (C=O) groups is 2. The molecular weight excluding hydrogens is 240 g/mol. The van der Waals surface area contributed by atoms with E-state index >= 15 is 0 Å². The first-order valence-corrected chi connectivity index (χ1v) is 7.62. The van der Waals surface area contributed by atoms with Crippen LogP contribution in [0.1, 0.15) is 59.3 Å². The fourth-order valence-corrected chi connectivity index (χ4v) is 3.39. The number of nitrogens with one attached hydrogen (secondary N) is 1. The molecule has 0 bridgehead atoms. The van der Waals surface area contributed by atoms with Gasteiger partial charge in [0.25, 0.3) is 0 Å². The van der Waals surface area contributed by atoms with E-state index in [4.69, 9.17) is 0 Å². The number of carbonyl (C=O) groups excluding carboxylic acids is 2. The van der Waals surface area contributed by atoms with Crippen LogP contribution in [0.5, 0.6) is 0 Å². The number of amides is 2. The molecule has 0 spiro atoms. The molecule has 0 radical (unpaired) electrons. The van der Waals surface area contributed by atoms with Gasteiger partial charge >= 0.3 is 0 Å². The largest absolute Gasteiger partial charge is 0.344 e. The summed E-state index contributed by atoms with van der Waals surface area (Å²) < 4.78 is 0. The van der Waals surface area contributed by atoms with Crippen LogP contribution < -0.4 is 5.32 Å². The summed E-state index contributed by atoms with van der Waals surface area (Å²) in [4.78, 5) is 26.7. The smallest absolute Gasteiger partial charge is 0.245 e. The van der Waals surface area contributed by atoms with Gasteiger partial charge in [0, 0.05) is 18.5 Å². The maximum absolute atomic E-state index is 12.8. The average Bonchev–Trinajstić information content (AvgIpc) is 2.47. The Hall–Kier alpha value is -1.06. The second-order valence-corrected chi connectivity index (χ2v) is 6.38. The summed E-state index contributed by atoms with van der Waals surface area (Å²) in [6.07, 6.45) is 6.30. The molecule has 1 heterocycles. The van der Waals surface area contributed by atoms with E-state index in [0.29, 0.717) is 12.5 Å². The Morgan fingerprint density at radius 1 is 1.16 bits per heavy atom. The molecule has 2 atom stereocenters. The molecule has 1 saturated heterocycles. The predicted molar refractivity (Wildman–Crippen MR) is 74.6 cm³/mol. The first kappa shape index (κ1) is 14.4. The van der Waals surface area contributed by atoms with E-state index in [9.17, 15) is 9.59 Å². The fourth-order valence-electron chi connectivity index (χ4n) is 3.39. The van der Waals surface area contributed by atoms with Gasteiger partial charge in [-0.3, -0.25) is 9.59 Å². The van der Waals surface area contributed by atoms with Crippen molar-refractivity contribution in [1.82, 2.24) is 10.2 Å². The molecule has 2 amide bonds. The third-order valence-corrected chi connectivity index (χ3v) is 4.43. The van der Waals surface area contributed by atoms with Crippen molar-refractivity contribution in [1.29, 1.82) is 0 Å². The number of hydrogen-bond acceptors (Lipinski definition) is 2. The van der Waals surface area contributed by atoms with Crippen LogP contribution in [0, 0.1) is 5.92 Å². The maximum atomic E-state index is 12.8. The lowest BCUT2D eigenvalue weighted by Gasteiger charge is -2.39. The molecule has 1 N–H and O–H groups in total. The molecule has 19 heavy (non-hydrogen) atoms. The van der Waals surface area contributed by atoms with Crippen LogP contribution in [-0.2, 0) is 9.59 Å². The Morgan fingerprint density at radius 3 is 2.37 bits per heavy atom. The highest BCUT2D eigenvalue weighted by Gasteiger charge is 2.39. The van der Waals surface area contributed by atoms with E-state index in [1.165, 1.54) is 19.3 Å². The minimum atomic E-state index is -0.348. The Bertz CT molecular complexity index is 348. The van der Waals surface area contributed by atoms with Gasteiger partial charge in [-0.2, -0.15) is 0 Å². The van der Waals surface area contributed by atoms with Gasteiger partial charge in [-0.05, 0) is 25.7 Å². The van der Waals surface area contributed by atoms with Crippen molar-refractivity contribution in [3.63, 3.8) is 0 Å². The molecule has 2 fully saturated rings. The van der Waals surface area contributed by atoms with Crippen LogP contribution >= 0.6 is 0 Å². The van der Waals surface area contributed by atoms with Gasteiger partial charge in [-0.1, -0.05) is 33.1 Å². The van der Waals surface area contributed by atoms with Crippen molar-refractivity contribution in [3.05, 3.63) is 0 Å². The molecule has 1 aliphatic heterocycles. The number of nitrogens with zero attached hydrogens (tertiary/aromatic N) is 1. The van der Waals surface area contributed by atoms with Crippen molar-refractivity contribution in [2.75, 3.05) is 0 Å². The van der Waals surface area contributed by atoms with Crippen LogP contribution in [0.25, 0.3) is 0 Å². The van der Waals surface area contributed by atoms with Gasteiger partial charge in [0.1, 0.15) is 6.04 Å². The van der Waals surface area contributed by atoms with Gasteiger partial charge in [0.2, 0.25) is 11.8 Å². The predicted octanol–water partition coefficient (Wildman–Crippen LogP) is 2.08. The molecule has 108 valence electrons. The zero-order valence-corrected chi connectivity index (χ0v) is 12.3. The zero-order valence-electron chi connectivity index (χ0n) is 12.3. The third kappa shape index (κ3) is 3.10. The van der Waals surface area contributed by atoms with Crippen molar-refractivity contribution >= 4 is 11.8 Å². The maximum Gasteiger partial charge on any atom is 0.245 e. The van der Waals surface area contributed by atoms with E-state index in [2.05, 4.69) is 5.32 Å². The summed E-state index contributed by atoms with van der Waals surface area (Å²) in [6.45, 7) is 6.00. The lowest BCUT2D eigenvalue weighted by molar-refractivity contribution is -0.139. The topological polar surface area (TPSA) is 49.4 Å². The monoisotopic (exact) mass is 266 g/mol. The molecule has 1 saturated carbocycles. The highest BCUT2D eigenvalue weighted by atomic mass is 16.2. The normalized spacial score (nSPS) is 30.4. The summed E-state index contributed by atoms with van der Waals surface area (Å²) >= 11 is 0.